The molecule has 2 atom stereocenters. The first-order chi connectivity index (χ1) is 13.1. The van der Waals surface area contributed by atoms with Gasteiger partial charge in [-0.1, -0.05) is 18.2 Å². The quantitative estimate of drug-likeness (QED) is 0.879. The molecule has 4 rings (SSSR count). The summed E-state index contributed by atoms with van der Waals surface area (Å²) in [7, 11) is 0. The number of benzene rings is 2. The third kappa shape index (κ3) is 4.08. The summed E-state index contributed by atoms with van der Waals surface area (Å²) in [6.45, 7) is 6.87. The maximum atomic E-state index is 11.2. The summed E-state index contributed by atoms with van der Waals surface area (Å²) in [6.07, 6.45) is 1.20. The van der Waals surface area contributed by atoms with Crippen LogP contribution >= 0.6 is 0 Å². The van der Waals surface area contributed by atoms with E-state index in [0.717, 1.165) is 44.0 Å². The number of anilines is 1. The second kappa shape index (κ2) is 7.61. The largest absolute Gasteiger partial charge is 0.489 e. The van der Waals surface area contributed by atoms with E-state index in [9.17, 15) is 4.79 Å². The molecule has 1 saturated heterocycles. The molecule has 2 aromatic carbocycles. The van der Waals surface area contributed by atoms with Gasteiger partial charge in [0.2, 0.25) is 5.91 Å². The number of fused-ring (bicyclic) bond motifs is 1. The van der Waals surface area contributed by atoms with E-state index < -0.39 is 0 Å². The molecule has 1 amide bonds. The molecular formula is C22H26N2O3. The van der Waals surface area contributed by atoms with Crippen molar-refractivity contribution in [2.24, 2.45) is 0 Å². The van der Waals surface area contributed by atoms with Crippen LogP contribution in [0.3, 0.4) is 0 Å². The van der Waals surface area contributed by atoms with E-state index in [0.29, 0.717) is 0 Å². The van der Waals surface area contributed by atoms with Crippen LogP contribution in [-0.2, 0) is 22.7 Å². The Morgan fingerprint density at radius 1 is 1.19 bits per heavy atom. The molecule has 0 aliphatic carbocycles. The first-order valence-corrected chi connectivity index (χ1v) is 9.57. The van der Waals surface area contributed by atoms with Crippen molar-refractivity contribution in [3.63, 3.8) is 0 Å². The highest BCUT2D eigenvalue weighted by molar-refractivity contribution is 5.73. The van der Waals surface area contributed by atoms with Crippen LogP contribution in [0.2, 0.25) is 0 Å². The van der Waals surface area contributed by atoms with Gasteiger partial charge in [0.15, 0.2) is 0 Å². The molecular weight excluding hydrogens is 340 g/mol. The molecule has 1 N–H and O–H groups in total. The normalized spacial score (nSPS) is 19.6. The second-order valence-electron chi connectivity index (χ2n) is 7.41. The first-order valence-electron chi connectivity index (χ1n) is 9.57. The van der Waals surface area contributed by atoms with Crippen molar-refractivity contribution in [1.82, 2.24) is 5.32 Å². The van der Waals surface area contributed by atoms with Gasteiger partial charge in [-0.25, -0.2) is 0 Å². The molecule has 0 aromatic heterocycles. The van der Waals surface area contributed by atoms with Gasteiger partial charge in [0.05, 0.1) is 25.8 Å². The van der Waals surface area contributed by atoms with Crippen molar-refractivity contribution in [2.75, 3.05) is 18.0 Å². The van der Waals surface area contributed by atoms with E-state index in [-0.39, 0.29) is 18.1 Å². The van der Waals surface area contributed by atoms with Gasteiger partial charge >= 0.3 is 0 Å². The van der Waals surface area contributed by atoms with Crippen LogP contribution in [0.25, 0.3) is 0 Å². The molecule has 2 heterocycles. The molecule has 2 aliphatic rings. The monoisotopic (exact) mass is 366 g/mol. The maximum Gasteiger partial charge on any atom is 0.217 e. The van der Waals surface area contributed by atoms with Crippen molar-refractivity contribution in [1.29, 1.82) is 0 Å². The van der Waals surface area contributed by atoms with E-state index in [1.54, 1.807) is 0 Å². The number of carbonyl (C=O) groups excluding carboxylic acids is 1. The number of hydrogen-bond donors (Lipinski definition) is 1. The van der Waals surface area contributed by atoms with Gasteiger partial charge in [-0.15, -0.1) is 0 Å². The molecule has 0 saturated carbocycles. The summed E-state index contributed by atoms with van der Waals surface area (Å²) in [5, 5.41) is 2.90. The van der Waals surface area contributed by atoms with Gasteiger partial charge in [0.25, 0.3) is 0 Å². The van der Waals surface area contributed by atoms with E-state index in [2.05, 4.69) is 28.4 Å². The Bertz CT molecular complexity index is 819. The molecule has 27 heavy (non-hydrogen) atoms. The molecule has 2 aliphatic heterocycles. The highest BCUT2D eigenvalue weighted by Crippen LogP contribution is 2.29. The van der Waals surface area contributed by atoms with Gasteiger partial charge in [0.1, 0.15) is 11.9 Å². The lowest BCUT2D eigenvalue weighted by molar-refractivity contribution is -0.119. The van der Waals surface area contributed by atoms with Crippen LogP contribution in [-0.4, -0.2) is 25.1 Å². The average molecular weight is 366 g/mol. The molecule has 0 bridgehead atoms. The Kier molecular flexibility index (Phi) is 5.03. The number of carbonyl (C=O) groups is 1. The SMILES string of the molecule is CC(=O)NC(C)c1ccc(OC2CCN(c3ccc4c(c3)COC4)C2)cc1. The van der Waals surface area contributed by atoms with Gasteiger partial charge in [0, 0.05) is 25.6 Å². The number of hydrogen-bond acceptors (Lipinski definition) is 4. The van der Waals surface area contributed by atoms with E-state index in [4.69, 9.17) is 9.47 Å². The number of nitrogens with zero attached hydrogens (tertiary/aromatic N) is 1. The number of nitrogens with one attached hydrogen (secondary N) is 1. The van der Waals surface area contributed by atoms with Crippen LogP contribution in [0.4, 0.5) is 5.69 Å². The topological polar surface area (TPSA) is 50.8 Å². The summed E-state index contributed by atoms with van der Waals surface area (Å²) < 4.78 is 11.7. The fourth-order valence-corrected chi connectivity index (χ4v) is 3.83. The second-order valence-corrected chi connectivity index (χ2v) is 7.41. The number of ether oxygens (including phenoxy) is 2. The first kappa shape index (κ1) is 17.9. The fourth-order valence-electron chi connectivity index (χ4n) is 3.83. The lowest BCUT2D eigenvalue weighted by atomic mass is 10.1. The van der Waals surface area contributed by atoms with Gasteiger partial charge < -0.3 is 19.7 Å². The van der Waals surface area contributed by atoms with E-state index >= 15 is 0 Å². The molecule has 1 fully saturated rings. The minimum Gasteiger partial charge on any atom is -0.489 e. The third-order valence-electron chi connectivity index (χ3n) is 5.32. The minimum absolute atomic E-state index is 0.00214. The lowest BCUT2D eigenvalue weighted by Crippen LogP contribution is -2.25. The van der Waals surface area contributed by atoms with Crippen molar-refractivity contribution >= 4 is 11.6 Å². The Morgan fingerprint density at radius 2 is 1.96 bits per heavy atom. The summed E-state index contributed by atoms with van der Waals surface area (Å²) in [5.41, 5.74) is 4.94. The van der Waals surface area contributed by atoms with Crippen LogP contribution in [0.1, 0.15) is 43.0 Å². The minimum atomic E-state index is -0.0213. The van der Waals surface area contributed by atoms with Crippen LogP contribution in [0.15, 0.2) is 42.5 Å². The van der Waals surface area contributed by atoms with E-state index in [1.165, 1.54) is 23.7 Å². The predicted molar refractivity (Wildman–Crippen MR) is 105 cm³/mol. The van der Waals surface area contributed by atoms with Gasteiger partial charge in [-0.05, 0) is 47.9 Å². The zero-order chi connectivity index (χ0) is 18.8. The smallest absolute Gasteiger partial charge is 0.217 e. The molecule has 142 valence electrons. The molecule has 0 spiro atoms. The zero-order valence-corrected chi connectivity index (χ0v) is 15.9. The Balaban J connectivity index is 1.35. The third-order valence-corrected chi connectivity index (χ3v) is 5.32. The Hall–Kier alpha value is -2.53. The lowest BCUT2D eigenvalue weighted by Gasteiger charge is -2.20. The van der Waals surface area contributed by atoms with Gasteiger partial charge in [-0.3, -0.25) is 4.79 Å². The standard InChI is InChI=1S/C22H26N2O3/c1-15(23-16(2)25)17-4-7-21(8-5-17)27-22-9-10-24(12-22)20-6-3-18-13-26-14-19(18)11-20/h3-8,11,15,22H,9-10,12-14H2,1-2H3,(H,23,25). The molecule has 2 aromatic rings. The van der Waals surface area contributed by atoms with E-state index in [1.807, 2.05) is 31.2 Å². The van der Waals surface area contributed by atoms with Crippen LogP contribution in [0, 0.1) is 0 Å². The summed E-state index contributed by atoms with van der Waals surface area (Å²) >= 11 is 0. The molecule has 5 nitrogen and oxygen atoms in total. The average Bonchev–Trinajstić information content (AvgIpc) is 3.30. The van der Waals surface area contributed by atoms with Crippen molar-refractivity contribution in [3.05, 3.63) is 59.2 Å². The molecule has 5 heteroatoms. The molecule has 0 radical (unpaired) electrons. The van der Waals surface area contributed by atoms with Crippen molar-refractivity contribution < 1.29 is 14.3 Å². The van der Waals surface area contributed by atoms with Crippen LogP contribution in [0.5, 0.6) is 5.75 Å². The molecule has 2 unspecified atom stereocenters. The number of amides is 1. The highest BCUT2D eigenvalue weighted by Gasteiger charge is 2.25. The van der Waals surface area contributed by atoms with Gasteiger partial charge in [-0.2, -0.15) is 0 Å². The van der Waals surface area contributed by atoms with Crippen molar-refractivity contribution in [3.8, 4) is 5.75 Å². The summed E-state index contributed by atoms with van der Waals surface area (Å²) in [6, 6.07) is 14.6. The summed E-state index contributed by atoms with van der Waals surface area (Å²) in [4.78, 5) is 13.6. The number of rotatable bonds is 5. The van der Waals surface area contributed by atoms with Crippen LogP contribution < -0.4 is 15.0 Å². The fraction of sp³-hybridized carbons (Fsp3) is 0.409. The zero-order valence-electron chi connectivity index (χ0n) is 15.9. The maximum absolute atomic E-state index is 11.2. The Labute approximate surface area is 160 Å². The Morgan fingerprint density at radius 3 is 2.74 bits per heavy atom. The predicted octanol–water partition coefficient (Wildman–Crippen LogP) is 3.57. The van der Waals surface area contributed by atoms with Crippen molar-refractivity contribution in [2.45, 2.75) is 45.6 Å². The highest BCUT2D eigenvalue weighted by atomic mass is 16.5. The summed E-state index contributed by atoms with van der Waals surface area (Å²) in [5.74, 6) is 0.856.